The minimum absolute atomic E-state index is 0.155. The van der Waals surface area contributed by atoms with Crippen LogP contribution < -0.4 is 9.47 Å². The van der Waals surface area contributed by atoms with Gasteiger partial charge in [-0.2, -0.15) is 11.8 Å². The molecule has 0 radical (unpaired) electrons. The Balaban J connectivity index is 2.12. The van der Waals surface area contributed by atoms with Crippen molar-refractivity contribution in [1.29, 1.82) is 0 Å². The van der Waals surface area contributed by atoms with Gasteiger partial charge in [0.05, 0.1) is 0 Å². The van der Waals surface area contributed by atoms with Crippen molar-refractivity contribution in [2.75, 3.05) is 18.8 Å². The van der Waals surface area contributed by atoms with Gasteiger partial charge in [-0.25, -0.2) is 0 Å². The zero-order valence-electron chi connectivity index (χ0n) is 8.49. The van der Waals surface area contributed by atoms with Gasteiger partial charge >= 0.3 is 0 Å². The predicted octanol–water partition coefficient (Wildman–Crippen LogP) is 2.35. The third-order valence-corrected chi connectivity index (χ3v) is 2.84. The van der Waals surface area contributed by atoms with Crippen molar-refractivity contribution in [3.05, 3.63) is 23.8 Å². The van der Waals surface area contributed by atoms with Crippen LogP contribution in [0.4, 0.5) is 0 Å². The van der Waals surface area contributed by atoms with Gasteiger partial charge in [-0.1, -0.05) is 0 Å². The van der Waals surface area contributed by atoms with Gasteiger partial charge < -0.3 is 9.47 Å². The molecule has 1 heterocycles. The average Bonchev–Trinajstić information content (AvgIpc) is 2.72. The number of ether oxygens (including phenoxy) is 2. The fraction of sp³-hybridized carbons (Fsp3) is 0.364. The molecule has 0 spiro atoms. The normalized spacial score (nSPS) is 12.9. The van der Waals surface area contributed by atoms with Crippen LogP contribution in [0.1, 0.15) is 16.8 Å². The van der Waals surface area contributed by atoms with Crippen molar-refractivity contribution >= 4 is 17.5 Å². The molecule has 1 aromatic rings. The van der Waals surface area contributed by atoms with Gasteiger partial charge in [0.1, 0.15) is 0 Å². The van der Waals surface area contributed by atoms with Crippen molar-refractivity contribution in [1.82, 2.24) is 0 Å². The smallest absolute Gasteiger partial charge is 0.231 e. The molecule has 1 aliphatic heterocycles. The Kier molecular flexibility index (Phi) is 3.16. The molecule has 80 valence electrons. The second-order valence-electron chi connectivity index (χ2n) is 3.23. The monoisotopic (exact) mass is 224 g/mol. The third kappa shape index (κ3) is 2.26. The van der Waals surface area contributed by atoms with Gasteiger partial charge in [-0.3, -0.25) is 4.79 Å². The summed E-state index contributed by atoms with van der Waals surface area (Å²) in [5, 5.41) is 0. The van der Waals surface area contributed by atoms with Gasteiger partial charge in [0.15, 0.2) is 17.3 Å². The number of ketones is 1. The van der Waals surface area contributed by atoms with Crippen LogP contribution >= 0.6 is 11.8 Å². The lowest BCUT2D eigenvalue weighted by molar-refractivity contribution is 0.0989. The summed E-state index contributed by atoms with van der Waals surface area (Å²) >= 11 is 1.67. The predicted molar refractivity (Wildman–Crippen MR) is 59.9 cm³/mol. The van der Waals surface area contributed by atoms with Crippen LogP contribution in [0, 0.1) is 0 Å². The third-order valence-electron chi connectivity index (χ3n) is 2.23. The highest BCUT2D eigenvalue weighted by molar-refractivity contribution is 7.98. The van der Waals surface area contributed by atoms with Crippen LogP contribution in [0.2, 0.25) is 0 Å². The van der Waals surface area contributed by atoms with Crippen LogP contribution in [0.3, 0.4) is 0 Å². The summed E-state index contributed by atoms with van der Waals surface area (Å²) in [5.74, 6) is 2.40. The highest BCUT2D eigenvalue weighted by Gasteiger charge is 2.15. The average molecular weight is 224 g/mol. The van der Waals surface area contributed by atoms with E-state index < -0.39 is 0 Å². The van der Waals surface area contributed by atoms with Crippen LogP contribution in [-0.2, 0) is 0 Å². The number of benzene rings is 1. The van der Waals surface area contributed by atoms with E-state index in [1.54, 1.807) is 30.0 Å². The van der Waals surface area contributed by atoms with E-state index in [-0.39, 0.29) is 12.6 Å². The molecule has 0 unspecified atom stereocenters. The maximum atomic E-state index is 11.7. The summed E-state index contributed by atoms with van der Waals surface area (Å²) in [6.45, 7) is 0.248. The number of hydrogen-bond donors (Lipinski definition) is 0. The molecule has 0 saturated carbocycles. The molecule has 1 aromatic carbocycles. The second-order valence-corrected chi connectivity index (χ2v) is 4.22. The lowest BCUT2D eigenvalue weighted by Crippen LogP contribution is -2.00. The molecule has 0 N–H and O–H groups in total. The molecule has 0 saturated heterocycles. The van der Waals surface area contributed by atoms with Crippen LogP contribution in [0.5, 0.6) is 11.5 Å². The molecule has 3 nitrogen and oxygen atoms in total. The lowest BCUT2D eigenvalue weighted by Gasteiger charge is -2.01. The Morgan fingerprint density at radius 1 is 1.40 bits per heavy atom. The number of thioether (sulfide) groups is 1. The number of carbonyl (C=O) groups is 1. The van der Waals surface area contributed by atoms with Gasteiger partial charge in [0, 0.05) is 17.7 Å². The summed E-state index contributed by atoms with van der Waals surface area (Å²) in [5.41, 5.74) is 0.702. The fourth-order valence-electron chi connectivity index (χ4n) is 1.41. The summed E-state index contributed by atoms with van der Waals surface area (Å²) in [7, 11) is 0. The molecule has 0 atom stereocenters. The molecular formula is C11H12O3S. The summed E-state index contributed by atoms with van der Waals surface area (Å²) in [6, 6.07) is 5.33. The Morgan fingerprint density at radius 2 is 2.20 bits per heavy atom. The first kappa shape index (κ1) is 10.4. The van der Waals surface area contributed by atoms with Gasteiger partial charge in [0.2, 0.25) is 6.79 Å². The summed E-state index contributed by atoms with van der Waals surface area (Å²) < 4.78 is 10.4. The largest absolute Gasteiger partial charge is 0.454 e. The molecule has 1 aliphatic rings. The first-order valence-electron chi connectivity index (χ1n) is 4.73. The van der Waals surface area contributed by atoms with E-state index in [0.717, 1.165) is 11.5 Å². The van der Waals surface area contributed by atoms with Crippen LogP contribution in [-0.4, -0.2) is 24.6 Å². The van der Waals surface area contributed by atoms with Gasteiger partial charge in [0.25, 0.3) is 0 Å². The zero-order valence-corrected chi connectivity index (χ0v) is 9.30. The summed E-state index contributed by atoms with van der Waals surface area (Å²) in [4.78, 5) is 11.7. The van der Waals surface area contributed by atoms with E-state index >= 15 is 0 Å². The molecule has 2 rings (SSSR count). The molecule has 0 bridgehead atoms. The van der Waals surface area contributed by atoms with Crippen molar-refractivity contribution < 1.29 is 14.3 Å². The highest BCUT2D eigenvalue weighted by Crippen LogP contribution is 2.32. The number of Topliss-reactive ketones (excluding diaryl/α,β-unsaturated/α-hetero) is 1. The number of carbonyl (C=O) groups excluding carboxylic acids is 1. The molecular weight excluding hydrogens is 212 g/mol. The van der Waals surface area contributed by atoms with E-state index in [1.165, 1.54) is 0 Å². The lowest BCUT2D eigenvalue weighted by atomic mass is 10.1. The maximum Gasteiger partial charge on any atom is 0.231 e. The first-order valence-corrected chi connectivity index (χ1v) is 6.12. The first-order chi connectivity index (χ1) is 7.31. The van der Waals surface area contributed by atoms with E-state index in [1.807, 2.05) is 6.26 Å². The van der Waals surface area contributed by atoms with Gasteiger partial charge in [-0.15, -0.1) is 0 Å². The number of hydrogen-bond acceptors (Lipinski definition) is 4. The van der Waals surface area contributed by atoms with E-state index in [4.69, 9.17) is 9.47 Å². The van der Waals surface area contributed by atoms with Crippen molar-refractivity contribution in [2.45, 2.75) is 6.42 Å². The Morgan fingerprint density at radius 3 is 3.00 bits per heavy atom. The van der Waals surface area contributed by atoms with Crippen LogP contribution in [0.25, 0.3) is 0 Å². The SMILES string of the molecule is CSCCC(=O)c1ccc2c(c1)OCO2. The van der Waals surface area contributed by atoms with Crippen molar-refractivity contribution in [3.63, 3.8) is 0 Å². The number of fused-ring (bicyclic) bond motifs is 1. The molecule has 0 fully saturated rings. The van der Waals surface area contributed by atoms with Crippen LogP contribution in [0.15, 0.2) is 18.2 Å². The topological polar surface area (TPSA) is 35.5 Å². The fourth-order valence-corrected chi connectivity index (χ4v) is 1.80. The molecule has 4 heteroatoms. The minimum Gasteiger partial charge on any atom is -0.454 e. The van der Waals surface area contributed by atoms with Gasteiger partial charge in [-0.05, 0) is 24.5 Å². The quantitative estimate of drug-likeness (QED) is 0.735. The Bertz CT molecular complexity index is 376. The molecule has 15 heavy (non-hydrogen) atoms. The minimum atomic E-state index is 0.155. The van der Waals surface area contributed by atoms with Crippen molar-refractivity contribution in [2.24, 2.45) is 0 Å². The Hall–Kier alpha value is -1.16. The summed E-state index contributed by atoms with van der Waals surface area (Å²) in [6.07, 6.45) is 2.56. The van der Waals surface area contributed by atoms with E-state index in [9.17, 15) is 4.79 Å². The highest BCUT2D eigenvalue weighted by atomic mass is 32.2. The standard InChI is InChI=1S/C11H12O3S/c1-15-5-4-9(12)8-2-3-10-11(6-8)14-7-13-10/h2-3,6H,4-5,7H2,1H3. The molecule has 0 amide bonds. The van der Waals surface area contributed by atoms with E-state index in [2.05, 4.69) is 0 Å². The zero-order chi connectivity index (χ0) is 10.7. The van der Waals surface area contributed by atoms with Crippen molar-refractivity contribution in [3.8, 4) is 11.5 Å². The van der Waals surface area contributed by atoms with E-state index in [0.29, 0.717) is 17.7 Å². The molecule has 0 aromatic heterocycles. The molecule has 0 aliphatic carbocycles. The second kappa shape index (κ2) is 4.57. The number of rotatable bonds is 4. The Labute approximate surface area is 92.8 Å². The maximum absolute atomic E-state index is 11.7.